The summed E-state index contributed by atoms with van der Waals surface area (Å²) in [7, 11) is 0. The first-order chi connectivity index (χ1) is 18.7. The van der Waals surface area contributed by atoms with E-state index in [-0.39, 0.29) is 23.5 Å². The summed E-state index contributed by atoms with van der Waals surface area (Å²) >= 11 is 0. The van der Waals surface area contributed by atoms with Crippen molar-refractivity contribution in [2.24, 2.45) is 0 Å². The summed E-state index contributed by atoms with van der Waals surface area (Å²) in [6.45, 7) is 6.48. The number of piperidine rings is 1. The van der Waals surface area contributed by atoms with Gasteiger partial charge in [0.2, 0.25) is 0 Å². The van der Waals surface area contributed by atoms with Gasteiger partial charge < -0.3 is 15.4 Å². The lowest BCUT2D eigenvalue weighted by Crippen LogP contribution is -2.43. The second-order valence-corrected chi connectivity index (χ2v) is 10.8. The second kappa shape index (κ2) is 9.26. The van der Waals surface area contributed by atoms with E-state index in [1.807, 2.05) is 74.0 Å². The number of benzene rings is 2. The fourth-order valence-electron chi connectivity index (χ4n) is 5.18. The van der Waals surface area contributed by atoms with Crippen molar-refractivity contribution in [3.05, 3.63) is 65.1 Å². The van der Waals surface area contributed by atoms with Gasteiger partial charge >= 0.3 is 6.09 Å². The number of likely N-dealkylation sites (tertiary alicyclic amines) is 1. The third-order valence-electron chi connectivity index (χ3n) is 6.90. The molecule has 2 aromatic carbocycles. The Morgan fingerprint density at radius 3 is 2.72 bits per heavy atom. The van der Waals surface area contributed by atoms with E-state index in [9.17, 15) is 9.59 Å². The fourth-order valence-corrected chi connectivity index (χ4v) is 5.18. The van der Waals surface area contributed by atoms with Crippen LogP contribution in [-0.4, -0.2) is 59.4 Å². The van der Waals surface area contributed by atoms with Gasteiger partial charge in [-0.2, -0.15) is 15.3 Å². The third-order valence-corrected chi connectivity index (χ3v) is 6.90. The van der Waals surface area contributed by atoms with Crippen LogP contribution in [-0.2, 0) is 4.74 Å². The molecule has 1 atom stereocenters. The molecule has 1 fully saturated rings. The lowest BCUT2D eigenvalue weighted by molar-refractivity contribution is 0.0169. The van der Waals surface area contributed by atoms with E-state index in [1.54, 1.807) is 15.8 Å². The van der Waals surface area contributed by atoms with Crippen LogP contribution in [0.2, 0.25) is 0 Å². The number of anilines is 1. The summed E-state index contributed by atoms with van der Waals surface area (Å²) in [5, 5.41) is 17.4. The molecule has 1 amide bonds. The van der Waals surface area contributed by atoms with Gasteiger partial charge in [-0.25, -0.2) is 14.6 Å². The van der Waals surface area contributed by atoms with Crippen molar-refractivity contribution < 1.29 is 9.53 Å². The largest absolute Gasteiger partial charge is 0.444 e. The number of rotatable bonds is 3. The van der Waals surface area contributed by atoms with Crippen LogP contribution in [0, 0.1) is 0 Å². The topological polar surface area (TPSA) is 137 Å². The molecule has 4 heterocycles. The molecular weight excluding hydrogens is 496 g/mol. The Labute approximate surface area is 224 Å². The van der Waals surface area contributed by atoms with Gasteiger partial charge in [-0.15, -0.1) is 0 Å². The molecule has 0 bridgehead atoms. The van der Waals surface area contributed by atoms with Gasteiger partial charge in [0, 0.05) is 24.0 Å². The van der Waals surface area contributed by atoms with E-state index in [2.05, 4.69) is 15.3 Å². The molecule has 0 aliphatic carbocycles. The number of para-hydroxylation sites is 1. The van der Waals surface area contributed by atoms with E-state index in [0.29, 0.717) is 29.7 Å². The molecule has 39 heavy (non-hydrogen) atoms. The molecule has 1 aliphatic rings. The van der Waals surface area contributed by atoms with Crippen molar-refractivity contribution in [1.29, 1.82) is 0 Å². The van der Waals surface area contributed by atoms with Gasteiger partial charge in [-0.3, -0.25) is 9.48 Å². The number of hydrogen-bond acceptors (Lipinski definition) is 7. The maximum absolute atomic E-state index is 13.1. The summed E-state index contributed by atoms with van der Waals surface area (Å²) in [4.78, 5) is 27.5. The molecule has 1 aliphatic heterocycles. The summed E-state index contributed by atoms with van der Waals surface area (Å²) in [6.07, 6.45) is 2.93. The van der Waals surface area contributed by atoms with E-state index in [4.69, 9.17) is 15.6 Å². The first kappa shape index (κ1) is 24.7. The Kier molecular flexibility index (Phi) is 5.86. The maximum Gasteiger partial charge on any atom is 0.410 e. The molecule has 3 aromatic heterocycles. The average Bonchev–Trinajstić information content (AvgIpc) is 3.53. The Bertz CT molecular complexity index is 1750. The molecule has 11 nitrogen and oxygen atoms in total. The van der Waals surface area contributed by atoms with Crippen LogP contribution in [0.4, 0.5) is 10.6 Å². The highest BCUT2D eigenvalue weighted by Crippen LogP contribution is 2.35. The third kappa shape index (κ3) is 4.49. The number of nitrogens with zero attached hydrogens (tertiary/aromatic N) is 6. The monoisotopic (exact) mass is 526 g/mol. The SMILES string of the molecule is CC(C)(C)OC(=O)N1CCCC(n2nc(-c3ccc4c(cnn4-c4ccccc4)c3)c3c(N)n[nH]c(=O)c32)C1. The van der Waals surface area contributed by atoms with Gasteiger partial charge in [0.15, 0.2) is 5.82 Å². The first-order valence-electron chi connectivity index (χ1n) is 13.0. The zero-order valence-corrected chi connectivity index (χ0v) is 22.1. The Morgan fingerprint density at radius 1 is 1.15 bits per heavy atom. The molecule has 6 rings (SSSR count). The van der Waals surface area contributed by atoms with Gasteiger partial charge in [0.05, 0.1) is 28.8 Å². The van der Waals surface area contributed by atoms with E-state index >= 15 is 0 Å². The van der Waals surface area contributed by atoms with Gasteiger partial charge in [0.25, 0.3) is 5.56 Å². The molecular formula is C28H30N8O3. The lowest BCUT2D eigenvalue weighted by atomic mass is 10.1. The quantitative estimate of drug-likeness (QED) is 0.358. The van der Waals surface area contributed by atoms with E-state index < -0.39 is 5.60 Å². The van der Waals surface area contributed by atoms with E-state index in [0.717, 1.165) is 35.0 Å². The molecule has 0 saturated carbocycles. The van der Waals surface area contributed by atoms with Crippen LogP contribution in [0.15, 0.2) is 59.5 Å². The number of nitrogen functional groups attached to an aromatic ring is 1. The number of H-pyrrole nitrogens is 1. The number of fused-ring (bicyclic) bond motifs is 2. The van der Waals surface area contributed by atoms with Crippen molar-refractivity contribution >= 4 is 33.7 Å². The number of aromatic nitrogens is 6. The van der Waals surface area contributed by atoms with Gasteiger partial charge in [0.1, 0.15) is 16.8 Å². The smallest absolute Gasteiger partial charge is 0.410 e. The summed E-state index contributed by atoms with van der Waals surface area (Å²) in [6, 6.07) is 15.6. The number of carbonyl (C=O) groups excluding carboxylic acids is 1. The molecule has 0 spiro atoms. The van der Waals surface area contributed by atoms with Crippen LogP contribution in [0.25, 0.3) is 38.8 Å². The highest BCUT2D eigenvalue weighted by atomic mass is 16.6. The van der Waals surface area contributed by atoms with Gasteiger partial charge in [-0.05, 0) is 57.9 Å². The Balaban J connectivity index is 1.42. The zero-order chi connectivity index (χ0) is 27.3. The van der Waals surface area contributed by atoms with Crippen molar-refractivity contribution in [3.8, 4) is 16.9 Å². The van der Waals surface area contributed by atoms with Crippen LogP contribution < -0.4 is 11.3 Å². The molecule has 200 valence electrons. The van der Waals surface area contributed by atoms with Crippen molar-refractivity contribution in [2.45, 2.75) is 45.3 Å². The zero-order valence-electron chi connectivity index (χ0n) is 22.1. The minimum Gasteiger partial charge on any atom is -0.444 e. The highest BCUT2D eigenvalue weighted by Gasteiger charge is 2.31. The summed E-state index contributed by atoms with van der Waals surface area (Å²) in [5.74, 6) is 0.186. The number of carbonyl (C=O) groups is 1. The highest BCUT2D eigenvalue weighted by molar-refractivity contribution is 6.01. The summed E-state index contributed by atoms with van der Waals surface area (Å²) in [5.41, 5.74) is 8.92. The van der Waals surface area contributed by atoms with Crippen LogP contribution >= 0.6 is 0 Å². The predicted octanol–water partition coefficient (Wildman–Crippen LogP) is 4.28. The minimum atomic E-state index is -0.597. The van der Waals surface area contributed by atoms with E-state index in [1.165, 1.54) is 0 Å². The number of amides is 1. The standard InChI is InChI=1S/C28H30N8O3/c1-28(2,3)39-27(38)34-13-7-10-20(16-34)36-24-22(25(29)31-32-26(24)37)23(33-36)17-11-12-21-18(14-17)15-30-35(21)19-8-5-4-6-9-19/h4-6,8-9,11-12,14-15,20H,7,10,13,16H2,1-3H3,(H2,29,31)(H,32,37). The minimum absolute atomic E-state index is 0.186. The number of ether oxygens (including phenoxy) is 1. The molecule has 3 N–H and O–H groups in total. The average molecular weight is 527 g/mol. The van der Waals surface area contributed by atoms with Gasteiger partial charge in [-0.1, -0.05) is 24.3 Å². The van der Waals surface area contributed by atoms with Crippen LogP contribution in [0.1, 0.15) is 39.7 Å². The number of nitrogens with two attached hydrogens (primary N) is 1. The van der Waals surface area contributed by atoms with Crippen molar-refractivity contribution in [1.82, 2.24) is 34.7 Å². The van der Waals surface area contributed by atoms with Crippen LogP contribution in [0.3, 0.4) is 0 Å². The maximum atomic E-state index is 13.1. The molecule has 11 heteroatoms. The molecule has 1 saturated heterocycles. The normalized spacial score (nSPS) is 16.2. The second-order valence-electron chi connectivity index (χ2n) is 10.8. The lowest BCUT2D eigenvalue weighted by Gasteiger charge is -2.34. The molecule has 1 unspecified atom stereocenters. The predicted molar refractivity (Wildman–Crippen MR) is 149 cm³/mol. The molecule has 0 radical (unpaired) electrons. The fraction of sp³-hybridized carbons (Fsp3) is 0.321. The Morgan fingerprint density at radius 2 is 1.95 bits per heavy atom. The summed E-state index contributed by atoms with van der Waals surface area (Å²) < 4.78 is 9.18. The first-order valence-corrected chi connectivity index (χ1v) is 13.0. The van der Waals surface area contributed by atoms with Crippen molar-refractivity contribution in [2.75, 3.05) is 18.8 Å². The molecule has 5 aromatic rings. The number of nitrogens with one attached hydrogen (secondary N) is 1. The number of hydrogen-bond donors (Lipinski definition) is 2. The number of aromatic amines is 1. The van der Waals surface area contributed by atoms with Crippen LogP contribution in [0.5, 0.6) is 0 Å². The Hall–Kier alpha value is -4.67. The van der Waals surface area contributed by atoms with Crippen molar-refractivity contribution in [3.63, 3.8) is 0 Å².